The molecule has 0 spiro atoms. The van der Waals surface area contributed by atoms with Gasteiger partial charge in [0, 0.05) is 24.9 Å². The first kappa shape index (κ1) is 23.3. The van der Waals surface area contributed by atoms with Gasteiger partial charge in [-0.1, -0.05) is 12.2 Å². The van der Waals surface area contributed by atoms with Crippen molar-refractivity contribution in [1.29, 1.82) is 5.26 Å². The number of rotatable bonds is 3. The molecule has 1 aliphatic heterocycles. The van der Waals surface area contributed by atoms with Gasteiger partial charge in [-0.15, -0.1) is 0 Å². The monoisotopic (exact) mass is 466 g/mol. The summed E-state index contributed by atoms with van der Waals surface area (Å²) in [4.78, 5) is 19.7. The van der Waals surface area contributed by atoms with Gasteiger partial charge in [-0.05, 0) is 49.7 Å². The van der Waals surface area contributed by atoms with E-state index in [2.05, 4.69) is 16.2 Å². The number of nitriles is 1. The smallest absolute Gasteiger partial charge is 0.277 e. The zero-order chi connectivity index (χ0) is 24.5. The van der Waals surface area contributed by atoms with E-state index in [-0.39, 0.29) is 23.8 Å². The van der Waals surface area contributed by atoms with Crippen LogP contribution in [0.2, 0.25) is 0 Å². The molecule has 4 rings (SSSR count). The lowest BCUT2D eigenvalue weighted by Gasteiger charge is -2.23. The average Bonchev–Trinajstić information content (AvgIpc) is 2.98. The topological polar surface area (TPSA) is 98.3 Å². The van der Waals surface area contributed by atoms with E-state index in [0.29, 0.717) is 24.1 Å². The number of likely N-dealkylation sites (N-methyl/N-ethyl adjacent to an activating group) is 1. The zero-order valence-corrected chi connectivity index (χ0v) is 18.9. The minimum Gasteiger partial charge on any atom is -0.493 e. The van der Waals surface area contributed by atoms with Crippen molar-refractivity contribution in [2.45, 2.75) is 19.3 Å². The van der Waals surface area contributed by atoms with Crippen LogP contribution in [-0.2, 0) is 0 Å². The van der Waals surface area contributed by atoms with Gasteiger partial charge < -0.3 is 10.0 Å². The van der Waals surface area contributed by atoms with Gasteiger partial charge in [-0.25, -0.2) is 13.8 Å². The predicted octanol–water partition coefficient (Wildman–Crippen LogP) is 3.18. The van der Waals surface area contributed by atoms with Crippen molar-refractivity contribution in [3.8, 4) is 17.8 Å². The minimum absolute atomic E-state index is 0.138. The first-order valence-corrected chi connectivity index (χ1v) is 10.8. The third kappa shape index (κ3) is 4.75. The molecule has 0 atom stereocenters. The lowest BCUT2D eigenvalue weighted by atomic mass is 10.0. The molecule has 1 saturated heterocycles. The molecule has 176 valence electrons. The summed E-state index contributed by atoms with van der Waals surface area (Å²) < 4.78 is 29.4. The molecule has 34 heavy (non-hydrogen) atoms. The molecule has 1 fully saturated rings. The fraction of sp³-hybridized carbons (Fsp3) is 0.333. The third-order valence-corrected chi connectivity index (χ3v) is 5.79. The van der Waals surface area contributed by atoms with E-state index in [0.717, 1.165) is 16.0 Å². The van der Waals surface area contributed by atoms with Crippen LogP contribution < -0.4 is 0 Å². The van der Waals surface area contributed by atoms with Crippen molar-refractivity contribution in [2.75, 3.05) is 33.2 Å². The van der Waals surface area contributed by atoms with Crippen LogP contribution in [0.4, 0.5) is 8.78 Å². The fourth-order valence-electron chi connectivity index (χ4n) is 4.10. The number of hydrogen-bond acceptors (Lipinski definition) is 6. The zero-order valence-electron chi connectivity index (χ0n) is 18.9. The highest BCUT2D eigenvalue weighted by Gasteiger charge is 2.37. The Labute approximate surface area is 195 Å². The van der Waals surface area contributed by atoms with Gasteiger partial charge in [0.2, 0.25) is 5.88 Å². The molecular weight excluding hydrogens is 442 g/mol. The molecule has 2 aliphatic rings. The average molecular weight is 466 g/mol. The maximum absolute atomic E-state index is 14.1. The Hall–Kier alpha value is -3.84. The molecule has 1 N–H and O–H groups in total. The Morgan fingerprint density at radius 3 is 2.71 bits per heavy atom. The lowest BCUT2D eigenvalue weighted by Crippen LogP contribution is -2.41. The van der Waals surface area contributed by atoms with Crippen molar-refractivity contribution in [3.63, 3.8) is 0 Å². The molecule has 1 aliphatic carbocycles. The maximum atomic E-state index is 14.1. The quantitative estimate of drug-likeness (QED) is 0.746. The van der Waals surface area contributed by atoms with Crippen molar-refractivity contribution in [1.82, 2.24) is 24.6 Å². The van der Waals surface area contributed by atoms with E-state index in [4.69, 9.17) is 5.26 Å². The number of carbonyl (C=O) groups excluding carboxylic acids is 1. The van der Waals surface area contributed by atoms with Crippen LogP contribution in [0.3, 0.4) is 0 Å². The van der Waals surface area contributed by atoms with Gasteiger partial charge in [0.15, 0.2) is 5.82 Å². The number of nitrogens with zero attached hydrogens (tertiary/aromatic N) is 6. The molecule has 0 saturated carbocycles. The van der Waals surface area contributed by atoms with Gasteiger partial charge in [-0.2, -0.15) is 15.0 Å². The Balaban J connectivity index is 1.55. The summed E-state index contributed by atoms with van der Waals surface area (Å²) in [5, 5.41) is 24.2. The number of hydrogen-bond donors (Lipinski definition) is 1. The molecule has 1 amide bonds. The number of halogens is 2. The third-order valence-electron chi connectivity index (χ3n) is 5.79. The van der Waals surface area contributed by atoms with Crippen molar-refractivity contribution in [2.24, 2.45) is 0 Å². The molecule has 0 radical (unpaired) electrons. The van der Waals surface area contributed by atoms with E-state index in [9.17, 15) is 18.7 Å². The Bertz CT molecular complexity index is 1240. The molecule has 3 heterocycles. The van der Waals surface area contributed by atoms with Crippen LogP contribution in [0.15, 0.2) is 53.9 Å². The number of allylic oxidation sites excluding steroid dienone is 6. The molecule has 2 aromatic rings. The molecule has 0 unspecified atom stereocenters. The van der Waals surface area contributed by atoms with E-state index in [1.807, 2.05) is 13.0 Å². The van der Waals surface area contributed by atoms with Crippen LogP contribution in [0.1, 0.15) is 29.3 Å². The molecule has 2 aromatic heterocycles. The SMILES string of the molecule is CC1=CC(C#N)=CCC=C1c1cnn(-c2ccc(C(=O)N3CCN(C)CC(F)(F)C3)cn2)c1O. The molecule has 10 heteroatoms. The number of aromatic nitrogens is 3. The summed E-state index contributed by atoms with van der Waals surface area (Å²) >= 11 is 0. The molecule has 0 bridgehead atoms. The number of aromatic hydroxyl groups is 1. The summed E-state index contributed by atoms with van der Waals surface area (Å²) in [5.74, 6) is -3.38. The highest BCUT2D eigenvalue weighted by Crippen LogP contribution is 2.33. The van der Waals surface area contributed by atoms with Gasteiger partial charge in [0.1, 0.15) is 0 Å². The highest BCUT2D eigenvalue weighted by molar-refractivity contribution is 5.94. The molecule has 8 nitrogen and oxygen atoms in total. The Kier molecular flexibility index (Phi) is 6.30. The van der Waals surface area contributed by atoms with Gasteiger partial charge in [-0.3, -0.25) is 9.69 Å². The van der Waals surface area contributed by atoms with Crippen LogP contribution in [0.5, 0.6) is 5.88 Å². The highest BCUT2D eigenvalue weighted by atomic mass is 19.3. The normalized spacial score (nSPS) is 18.8. The van der Waals surface area contributed by atoms with Gasteiger partial charge >= 0.3 is 0 Å². The number of pyridine rings is 1. The lowest BCUT2D eigenvalue weighted by molar-refractivity contribution is -0.0310. The second-order valence-electron chi connectivity index (χ2n) is 8.47. The summed E-state index contributed by atoms with van der Waals surface area (Å²) in [6.45, 7) is 1.35. The van der Waals surface area contributed by atoms with Crippen LogP contribution >= 0.6 is 0 Å². The largest absolute Gasteiger partial charge is 0.493 e. The molecular formula is C24H24F2N6O2. The second kappa shape index (κ2) is 9.19. The Morgan fingerprint density at radius 2 is 2.00 bits per heavy atom. The number of amides is 1. The van der Waals surface area contributed by atoms with E-state index in [1.54, 1.807) is 19.2 Å². The van der Waals surface area contributed by atoms with Crippen LogP contribution in [0, 0.1) is 11.3 Å². The summed E-state index contributed by atoms with van der Waals surface area (Å²) in [5.41, 5.74) is 2.78. The summed E-state index contributed by atoms with van der Waals surface area (Å²) in [6.07, 6.45) is 8.79. The van der Waals surface area contributed by atoms with Crippen LogP contribution in [0.25, 0.3) is 11.4 Å². The first-order valence-electron chi connectivity index (χ1n) is 10.8. The van der Waals surface area contributed by atoms with Crippen LogP contribution in [-0.4, -0.2) is 74.7 Å². The van der Waals surface area contributed by atoms with Crippen molar-refractivity contribution in [3.05, 3.63) is 65.0 Å². The molecule has 0 aromatic carbocycles. The first-order chi connectivity index (χ1) is 16.2. The van der Waals surface area contributed by atoms with E-state index in [1.165, 1.54) is 34.1 Å². The van der Waals surface area contributed by atoms with Gasteiger partial charge in [0.25, 0.3) is 11.8 Å². The fourth-order valence-corrected chi connectivity index (χ4v) is 4.10. The van der Waals surface area contributed by atoms with E-state index < -0.39 is 24.9 Å². The van der Waals surface area contributed by atoms with E-state index >= 15 is 0 Å². The second-order valence-corrected chi connectivity index (χ2v) is 8.47. The summed E-state index contributed by atoms with van der Waals surface area (Å²) in [6, 6.07) is 5.11. The van der Waals surface area contributed by atoms with Crippen molar-refractivity contribution >= 4 is 11.5 Å². The minimum atomic E-state index is -2.99. The van der Waals surface area contributed by atoms with Gasteiger partial charge in [0.05, 0.1) is 36.5 Å². The predicted molar refractivity (Wildman–Crippen MR) is 121 cm³/mol. The Morgan fingerprint density at radius 1 is 1.21 bits per heavy atom. The van der Waals surface area contributed by atoms with Crippen molar-refractivity contribution < 1.29 is 18.7 Å². The number of alkyl halides is 2. The maximum Gasteiger partial charge on any atom is 0.277 e. The standard InChI is InChI=1S/C24H24F2N6O2/c1-16-10-17(11-27)4-3-5-19(16)20-13-29-32(23(20)34)21-7-6-18(12-28-21)22(33)31-9-8-30(2)14-24(25,26)15-31/h4-7,10,12-13,34H,3,8-9,14-15H2,1-2H3. The number of carbonyl (C=O) groups is 1. The summed E-state index contributed by atoms with van der Waals surface area (Å²) in [7, 11) is 1.60.